The summed E-state index contributed by atoms with van der Waals surface area (Å²) in [6, 6.07) is 19.1. The van der Waals surface area contributed by atoms with E-state index in [-0.39, 0.29) is 11.9 Å². The van der Waals surface area contributed by atoms with Crippen LogP contribution in [0.15, 0.2) is 79.3 Å². The summed E-state index contributed by atoms with van der Waals surface area (Å²) < 4.78 is 6.37. The molecule has 5 heterocycles. The molecule has 178 valence electrons. The predicted octanol–water partition coefficient (Wildman–Crippen LogP) is 5.56. The van der Waals surface area contributed by atoms with E-state index in [0.29, 0.717) is 17.3 Å². The lowest BCUT2D eigenvalue weighted by Gasteiger charge is -2.25. The number of aromatic nitrogens is 5. The number of fused-ring (bicyclic) bond motifs is 1. The van der Waals surface area contributed by atoms with Crippen LogP contribution in [0.1, 0.15) is 31.4 Å². The van der Waals surface area contributed by atoms with E-state index in [9.17, 15) is 4.79 Å². The number of amides is 1. The molecule has 1 unspecified atom stereocenters. The first-order valence-electron chi connectivity index (χ1n) is 11.9. The summed E-state index contributed by atoms with van der Waals surface area (Å²) in [6.07, 6.45) is 7.00. The molecule has 6 rings (SSSR count). The van der Waals surface area contributed by atoms with E-state index in [1.54, 1.807) is 25.5 Å². The molecule has 0 radical (unpaired) electrons. The van der Waals surface area contributed by atoms with Crippen LogP contribution in [-0.4, -0.2) is 42.3 Å². The number of hydrogen-bond acceptors (Lipinski definition) is 6. The van der Waals surface area contributed by atoms with Crippen molar-refractivity contribution in [1.29, 1.82) is 0 Å². The molecule has 1 N–H and O–H groups in total. The van der Waals surface area contributed by atoms with E-state index in [2.05, 4.69) is 19.9 Å². The number of carbonyl (C=O) groups is 1. The van der Waals surface area contributed by atoms with Crippen molar-refractivity contribution in [3.8, 4) is 34.4 Å². The number of carbonyl (C=O) groups excluding carboxylic acids is 1. The van der Waals surface area contributed by atoms with Gasteiger partial charge in [0.15, 0.2) is 5.82 Å². The number of rotatable bonds is 5. The average molecular weight is 477 g/mol. The summed E-state index contributed by atoms with van der Waals surface area (Å²) in [5, 5.41) is 0. The third-order valence-electron chi connectivity index (χ3n) is 6.43. The van der Waals surface area contributed by atoms with Crippen LogP contribution < -0.4 is 4.74 Å². The van der Waals surface area contributed by atoms with Crippen molar-refractivity contribution in [1.82, 2.24) is 29.8 Å². The lowest BCUT2D eigenvalue weighted by molar-refractivity contribution is -0.129. The molecule has 1 fully saturated rings. The van der Waals surface area contributed by atoms with Crippen LogP contribution in [0.3, 0.4) is 0 Å². The molecule has 1 aromatic carbocycles. The van der Waals surface area contributed by atoms with Crippen LogP contribution in [0.2, 0.25) is 0 Å². The molecule has 1 atom stereocenters. The minimum absolute atomic E-state index is 0.0590. The largest absolute Gasteiger partial charge is 0.455 e. The molecule has 1 aliphatic rings. The molecule has 36 heavy (non-hydrogen) atoms. The average Bonchev–Trinajstić information content (AvgIpc) is 3.57. The summed E-state index contributed by atoms with van der Waals surface area (Å²) in [6.45, 7) is 2.35. The molecule has 0 aliphatic carbocycles. The lowest BCUT2D eigenvalue weighted by atomic mass is 10.0. The van der Waals surface area contributed by atoms with E-state index in [0.717, 1.165) is 53.1 Å². The Morgan fingerprint density at radius 2 is 1.75 bits per heavy atom. The zero-order valence-electron chi connectivity index (χ0n) is 19.8. The molecule has 1 aliphatic heterocycles. The number of benzene rings is 1. The van der Waals surface area contributed by atoms with Crippen LogP contribution in [0, 0.1) is 0 Å². The molecule has 8 nitrogen and oxygen atoms in total. The number of ether oxygens (including phenoxy) is 1. The summed E-state index contributed by atoms with van der Waals surface area (Å²) in [7, 11) is 0. The van der Waals surface area contributed by atoms with Crippen molar-refractivity contribution in [3.05, 3.63) is 84.8 Å². The fourth-order valence-corrected chi connectivity index (χ4v) is 4.73. The third kappa shape index (κ3) is 4.17. The Kier molecular flexibility index (Phi) is 5.61. The Labute approximate surface area is 208 Å². The number of nitrogens with zero attached hydrogens (tertiary/aromatic N) is 5. The van der Waals surface area contributed by atoms with Gasteiger partial charge in [0.05, 0.1) is 34.7 Å². The minimum atomic E-state index is -0.0655. The number of hydrogen-bond donors (Lipinski definition) is 1. The van der Waals surface area contributed by atoms with Gasteiger partial charge in [-0.25, -0.2) is 4.98 Å². The highest BCUT2D eigenvalue weighted by atomic mass is 16.5. The number of H-pyrrole nitrogens is 1. The van der Waals surface area contributed by atoms with E-state index < -0.39 is 0 Å². The Morgan fingerprint density at radius 3 is 2.44 bits per heavy atom. The van der Waals surface area contributed by atoms with Crippen LogP contribution in [0.25, 0.3) is 33.9 Å². The molecular weight excluding hydrogens is 452 g/mol. The monoisotopic (exact) mass is 476 g/mol. The molecule has 1 amide bonds. The molecule has 8 heteroatoms. The second kappa shape index (κ2) is 9.22. The maximum Gasteiger partial charge on any atom is 0.219 e. The fraction of sp³-hybridized carbons (Fsp3) is 0.179. The molecule has 0 bridgehead atoms. The van der Waals surface area contributed by atoms with Gasteiger partial charge in [-0.2, -0.15) is 0 Å². The summed E-state index contributed by atoms with van der Waals surface area (Å²) in [5.74, 6) is 2.00. The molecule has 1 saturated heterocycles. The highest BCUT2D eigenvalue weighted by Crippen LogP contribution is 2.41. The highest BCUT2D eigenvalue weighted by Gasteiger charge is 2.31. The van der Waals surface area contributed by atoms with Gasteiger partial charge in [-0.3, -0.25) is 19.7 Å². The van der Waals surface area contributed by atoms with E-state index in [1.807, 2.05) is 65.6 Å². The quantitative estimate of drug-likeness (QED) is 0.357. The topological polar surface area (TPSA) is 96.9 Å². The first-order valence-corrected chi connectivity index (χ1v) is 11.9. The van der Waals surface area contributed by atoms with Crippen molar-refractivity contribution in [2.45, 2.75) is 25.8 Å². The van der Waals surface area contributed by atoms with E-state index in [1.165, 1.54) is 0 Å². The smallest absolute Gasteiger partial charge is 0.219 e. The third-order valence-corrected chi connectivity index (χ3v) is 6.43. The molecule has 4 aromatic heterocycles. The Balaban J connectivity index is 1.40. The van der Waals surface area contributed by atoms with E-state index in [4.69, 9.17) is 9.72 Å². The zero-order valence-corrected chi connectivity index (χ0v) is 19.8. The van der Waals surface area contributed by atoms with Gasteiger partial charge >= 0.3 is 0 Å². The number of aromatic amines is 1. The van der Waals surface area contributed by atoms with Gasteiger partial charge < -0.3 is 14.6 Å². The van der Waals surface area contributed by atoms with Crippen LogP contribution >= 0.6 is 0 Å². The number of likely N-dealkylation sites (tertiary alicyclic amines) is 1. The van der Waals surface area contributed by atoms with Gasteiger partial charge in [0, 0.05) is 37.5 Å². The maximum absolute atomic E-state index is 12.4. The van der Waals surface area contributed by atoms with Gasteiger partial charge in [0.1, 0.15) is 17.2 Å². The van der Waals surface area contributed by atoms with Gasteiger partial charge in [-0.05, 0) is 55.3 Å². The first kappa shape index (κ1) is 21.9. The van der Waals surface area contributed by atoms with Crippen molar-refractivity contribution in [3.63, 3.8) is 0 Å². The predicted molar refractivity (Wildman–Crippen MR) is 136 cm³/mol. The van der Waals surface area contributed by atoms with Crippen LogP contribution in [0.5, 0.6) is 11.5 Å². The van der Waals surface area contributed by atoms with Crippen molar-refractivity contribution in [2.75, 3.05) is 6.54 Å². The van der Waals surface area contributed by atoms with E-state index >= 15 is 0 Å². The standard InChI is InChI=1S/C28H24N6O2/c1-18(35)34-14-6-9-26(34)20-15-24-25(33-28(32-24)23-8-3-5-13-30-23)16-27(20)36-19-10-11-22(31-17-19)21-7-2-4-12-29-21/h2-5,7-8,10-13,15-17,26H,6,9,14H2,1H3,(H,32,33). The lowest BCUT2D eigenvalue weighted by Crippen LogP contribution is -2.28. The second-order valence-corrected chi connectivity index (χ2v) is 8.77. The first-order chi connectivity index (χ1) is 17.7. The summed E-state index contributed by atoms with van der Waals surface area (Å²) in [4.78, 5) is 35.7. The maximum atomic E-state index is 12.4. The van der Waals surface area contributed by atoms with Gasteiger partial charge in [-0.15, -0.1) is 0 Å². The van der Waals surface area contributed by atoms with Crippen molar-refractivity contribution >= 4 is 16.9 Å². The second-order valence-electron chi connectivity index (χ2n) is 8.77. The molecule has 0 spiro atoms. The van der Waals surface area contributed by atoms with Gasteiger partial charge in [0.25, 0.3) is 0 Å². The SMILES string of the molecule is CC(=O)N1CCCC1c1cc2[nH]c(-c3ccccn3)nc2cc1Oc1ccc(-c2ccccn2)nc1. The Morgan fingerprint density at radius 1 is 0.972 bits per heavy atom. The summed E-state index contributed by atoms with van der Waals surface area (Å²) >= 11 is 0. The van der Waals surface area contributed by atoms with Gasteiger partial charge in [-0.1, -0.05) is 12.1 Å². The molecule has 5 aromatic rings. The Hall–Kier alpha value is -4.59. The van der Waals surface area contributed by atoms with Crippen molar-refractivity contribution < 1.29 is 9.53 Å². The van der Waals surface area contributed by atoms with Gasteiger partial charge in [0.2, 0.25) is 5.91 Å². The Bertz CT molecular complexity index is 1520. The number of pyridine rings is 3. The summed E-state index contributed by atoms with van der Waals surface area (Å²) in [5.41, 5.74) is 4.91. The number of nitrogens with one attached hydrogen (secondary N) is 1. The highest BCUT2D eigenvalue weighted by molar-refractivity contribution is 5.82. The fourth-order valence-electron chi connectivity index (χ4n) is 4.73. The van der Waals surface area contributed by atoms with Crippen LogP contribution in [0.4, 0.5) is 0 Å². The normalized spacial score (nSPS) is 15.4. The van der Waals surface area contributed by atoms with Crippen molar-refractivity contribution in [2.24, 2.45) is 0 Å². The zero-order chi connectivity index (χ0) is 24.5. The molecular formula is C28H24N6O2. The number of imidazole rings is 1. The molecule has 0 saturated carbocycles. The minimum Gasteiger partial charge on any atom is -0.455 e. The van der Waals surface area contributed by atoms with Crippen LogP contribution in [-0.2, 0) is 4.79 Å².